The van der Waals surface area contributed by atoms with Crippen molar-refractivity contribution < 1.29 is 8.42 Å². The predicted octanol–water partition coefficient (Wildman–Crippen LogP) is 3.13. The Morgan fingerprint density at radius 1 is 1.20 bits per heavy atom. The maximum absolute atomic E-state index is 12.8. The van der Waals surface area contributed by atoms with E-state index in [1.54, 1.807) is 37.0 Å². The number of halogens is 1. The van der Waals surface area contributed by atoms with E-state index in [1.807, 2.05) is 25.1 Å². The molecular formula is C16H18BrN5O2S. The molecule has 3 heterocycles. The molecule has 0 saturated heterocycles. The topological polar surface area (TPSA) is 89.2 Å². The number of anilines is 1. The highest BCUT2D eigenvalue weighted by atomic mass is 79.9. The van der Waals surface area contributed by atoms with Crippen LogP contribution in [0.25, 0.3) is 5.52 Å². The van der Waals surface area contributed by atoms with Crippen LogP contribution in [0.5, 0.6) is 0 Å². The van der Waals surface area contributed by atoms with Crippen LogP contribution in [0, 0.1) is 6.92 Å². The molecule has 0 spiro atoms. The maximum atomic E-state index is 12.8. The molecule has 0 fully saturated rings. The predicted molar refractivity (Wildman–Crippen MR) is 100 cm³/mol. The number of aromatic nitrogens is 4. The van der Waals surface area contributed by atoms with Crippen LogP contribution < -0.4 is 4.72 Å². The van der Waals surface area contributed by atoms with Crippen molar-refractivity contribution in [2.24, 2.45) is 0 Å². The molecule has 3 aromatic rings. The van der Waals surface area contributed by atoms with Gasteiger partial charge in [0.2, 0.25) is 10.0 Å². The SMILES string of the molecule is Cc1cnc([C@@H](C)[C@H](C)S(=O)(=O)Nc2nn3ccccc3c2Br)nc1. The van der Waals surface area contributed by atoms with Crippen LogP contribution in [0.4, 0.5) is 5.82 Å². The van der Waals surface area contributed by atoms with Crippen LogP contribution in [0.15, 0.2) is 41.3 Å². The van der Waals surface area contributed by atoms with Crippen molar-refractivity contribution in [2.75, 3.05) is 4.72 Å². The summed E-state index contributed by atoms with van der Waals surface area (Å²) >= 11 is 3.41. The van der Waals surface area contributed by atoms with E-state index >= 15 is 0 Å². The van der Waals surface area contributed by atoms with Crippen molar-refractivity contribution in [2.45, 2.75) is 31.9 Å². The number of pyridine rings is 1. The molecule has 25 heavy (non-hydrogen) atoms. The van der Waals surface area contributed by atoms with E-state index < -0.39 is 15.3 Å². The Hall–Kier alpha value is -2.00. The first-order valence-electron chi connectivity index (χ1n) is 7.72. The van der Waals surface area contributed by atoms with Crippen LogP contribution in [0.1, 0.15) is 31.2 Å². The van der Waals surface area contributed by atoms with Gasteiger partial charge in [-0.1, -0.05) is 13.0 Å². The number of nitrogens with zero attached hydrogens (tertiary/aromatic N) is 4. The molecule has 0 aliphatic carbocycles. The van der Waals surface area contributed by atoms with Gasteiger partial charge in [-0.3, -0.25) is 4.72 Å². The highest BCUT2D eigenvalue weighted by Crippen LogP contribution is 2.29. The molecule has 0 bridgehead atoms. The quantitative estimate of drug-likeness (QED) is 0.680. The maximum Gasteiger partial charge on any atom is 0.237 e. The van der Waals surface area contributed by atoms with Gasteiger partial charge >= 0.3 is 0 Å². The van der Waals surface area contributed by atoms with Gasteiger partial charge < -0.3 is 0 Å². The van der Waals surface area contributed by atoms with E-state index in [0.29, 0.717) is 10.3 Å². The monoisotopic (exact) mass is 423 g/mol. The number of hydrogen-bond donors (Lipinski definition) is 1. The molecule has 132 valence electrons. The zero-order valence-corrected chi connectivity index (χ0v) is 16.4. The number of aryl methyl sites for hydroxylation is 1. The second-order valence-corrected chi connectivity index (χ2v) is 8.78. The summed E-state index contributed by atoms with van der Waals surface area (Å²) in [5.41, 5.74) is 1.71. The Labute approximate surface area is 154 Å². The van der Waals surface area contributed by atoms with Crippen molar-refractivity contribution >= 4 is 37.3 Å². The fraction of sp³-hybridized carbons (Fsp3) is 0.312. The van der Waals surface area contributed by atoms with Gasteiger partial charge in [0, 0.05) is 24.5 Å². The van der Waals surface area contributed by atoms with Gasteiger partial charge in [0.05, 0.1) is 15.2 Å². The standard InChI is InChI=1S/C16H18BrN5O2S/c1-10-8-18-15(19-9-10)11(2)12(3)25(23,24)21-16-14(17)13-6-4-5-7-22(13)20-16/h4-9,11-12H,1-3H3,(H,20,21)/t11-,12-/m0/s1. The van der Waals surface area contributed by atoms with Crippen LogP contribution in [0.3, 0.4) is 0 Å². The van der Waals surface area contributed by atoms with Crippen LogP contribution in [0.2, 0.25) is 0 Å². The summed E-state index contributed by atoms with van der Waals surface area (Å²) in [6.45, 7) is 5.32. The van der Waals surface area contributed by atoms with Crippen LogP contribution >= 0.6 is 15.9 Å². The van der Waals surface area contributed by atoms with Gasteiger partial charge in [-0.2, -0.15) is 0 Å². The minimum absolute atomic E-state index is 0.259. The van der Waals surface area contributed by atoms with Crippen molar-refractivity contribution in [1.29, 1.82) is 0 Å². The summed E-state index contributed by atoms with van der Waals surface area (Å²) in [5.74, 6) is 0.390. The Bertz CT molecular complexity index is 1000. The Kier molecular flexibility index (Phi) is 4.79. The first kappa shape index (κ1) is 17.8. The summed E-state index contributed by atoms with van der Waals surface area (Å²) in [5, 5.41) is 3.54. The van der Waals surface area contributed by atoms with E-state index in [-0.39, 0.29) is 11.7 Å². The lowest BCUT2D eigenvalue weighted by molar-refractivity contribution is 0.567. The van der Waals surface area contributed by atoms with Crippen molar-refractivity contribution in [3.8, 4) is 0 Å². The molecule has 1 N–H and O–H groups in total. The number of nitrogens with one attached hydrogen (secondary N) is 1. The molecule has 0 unspecified atom stereocenters. The minimum Gasteiger partial charge on any atom is -0.265 e. The van der Waals surface area contributed by atoms with Crippen molar-refractivity contribution in [3.63, 3.8) is 0 Å². The van der Waals surface area contributed by atoms with Gasteiger partial charge in [0.15, 0.2) is 5.82 Å². The third-order valence-corrected chi connectivity index (χ3v) is 6.77. The molecular weight excluding hydrogens is 406 g/mol. The summed E-state index contributed by atoms with van der Waals surface area (Å²) < 4.78 is 30.3. The third kappa shape index (κ3) is 3.52. The zero-order chi connectivity index (χ0) is 18.2. The normalized spacial score (nSPS) is 14.4. The van der Waals surface area contributed by atoms with Gasteiger partial charge in [-0.25, -0.2) is 22.9 Å². The molecule has 9 heteroatoms. The Morgan fingerprint density at radius 3 is 2.52 bits per heavy atom. The van der Waals surface area contributed by atoms with Crippen molar-refractivity contribution in [3.05, 3.63) is 52.7 Å². The molecule has 0 amide bonds. The molecule has 2 atom stereocenters. The summed E-state index contributed by atoms with van der Waals surface area (Å²) in [4.78, 5) is 8.48. The van der Waals surface area contributed by atoms with Gasteiger partial charge in [0.1, 0.15) is 5.82 Å². The highest BCUT2D eigenvalue weighted by Gasteiger charge is 2.30. The Morgan fingerprint density at radius 2 is 1.88 bits per heavy atom. The van der Waals surface area contributed by atoms with E-state index in [9.17, 15) is 8.42 Å². The first-order valence-corrected chi connectivity index (χ1v) is 10.1. The average Bonchev–Trinajstić information content (AvgIpc) is 2.90. The molecule has 0 aromatic carbocycles. The fourth-order valence-corrected chi connectivity index (χ4v) is 4.26. The molecule has 0 saturated carbocycles. The lowest BCUT2D eigenvalue weighted by atomic mass is 10.1. The first-order chi connectivity index (χ1) is 11.8. The van der Waals surface area contributed by atoms with Gasteiger partial charge in [-0.15, -0.1) is 5.10 Å². The Balaban J connectivity index is 1.87. The van der Waals surface area contributed by atoms with E-state index in [4.69, 9.17) is 0 Å². The molecule has 0 aliphatic rings. The van der Waals surface area contributed by atoms with Gasteiger partial charge in [0.25, 0.3) is 0 Å². The molecule has 0 aliphatic heterocycles. The second kappa shape index (κ2) is 6.72. The summed E-state index contributed by atoms with van der Waals surface area (Å²) in [6.07, 6.45) is 5.12. The number of rotatable bonds is 5. The van der Waals surface area contributed by atoms with E-state index in [2.05, 4.69) is 35.7 Å². The largest absolute Gasteiger partial charge is 0.265 e. The van der Waals surface area contributed by atoms with E-state index in [0.717, 1.165) is 11.1 Å². The molecule has 3 aromatic heterocycles. The smallest absolute Gasteiger partial charge is 0.237 e. The third-order valence-electron chi connectivity index (χ3n) is 4.12. The number of sulfonamides is 1. The van der Waals surface area contributed by atoms with Crippen molar-refractivity contribution in [1.82, 2.24) is 19.6 Å². The zero-order valence-electron chi connectivity index (χ0n) is 14.0. The van der Waals surface area contributed by atoms with Crippen LogP contribution in [-0.2, 0) is 10.0 Å². The number of fused-ring (bicyclic) bond motifs is 1. The molecule has 3 rings (SSSR count). The van der Waals surface area contributed by atoms with Gasteiger partial charge in [-0.05, 0) is 47.5 Å². The lowest BCUT2D eigenvalue weighted by Crippen LogP contribution is -2.30. The lowest BCUT2D eigenvalue weighted by Gasteiger charge is -2.19. The fourth-order valence-electron chi connectivity index (χ4n) is 2.38. The molecule has 0 radical (unpaired) electrons. The average molecular weight is 424 g/mol. The molecule has 7 nitrogen and oxygen atoms in total. The van der Waals surface area contributed by atoms with E-state index in [1.165, 1.54) is 0 Å². The minimum atomic E-state index is -3.68. The summed E-state index contributed by atoms with van der Waals surface area (Å²) in [7, 11) is -3.68. The number of hydrogen-bond acceptors (Lipinski definition) is 5. The second-order valence-electron chi connectivity index (χ2n) is 5.95. The van der Waals surface area contributed by atoms with Crippen LogP contribution in [-0.4, -0.2) is 33.2 Å². The highest BCUT2D eigenvalue weighted by molar-refractivity contribution is 9.10. The summed E-state index contributed by atoms with van der Waals surface area (Å²) in [6, 6.07) is 5.53.